The second kappa shape index (κ2) is 2.58. The van der Waals surface area contributed by atoms with Gasteiger partial charge in [-0.25, -0.2) is 0 Å². The molecule has 1 heterocycles. The lowest BCUT2D eigenvalue weighted by atomic mass is 10.4. The zero-order valence-corrected chi connectivity index (χ0v) is 6.02. The number of aliphatic hydroxyl groups excluding tert-OH is 1. The molecule has 1 aliphatic rings. The number of nitrogens with zero attached hydrogens (tertiary/aromatic N) is 1. The highest BCUT2D eigenvalue weighted by atomic mass is 32.2. The van der Waals surface area contributed by atoms with Crippen LogP contribution in [0.4, 0.5) is 4.79 Å². The highest BCUT2D eigenvalue weighted by Crippen LogP contribution is 2.22. The van der Waals surface area contributed by atoms with Crippen molar-refractivity contribution >= 4 is 17.0 Å². The van der Waals surface area contributed by atoms with E-state index in [0.717, 1.165) is 0 Å². The van der Waals surface area contributed by atoms with Gasteiger partial charge >= 0.3 is 0 Å². The molecule has 0 aromatic rings. The van der Waals surface area contributed by atoms with Crippen LogP contribution in [0.25, 0.3) is 0 Å². The van der Waals surface area contributed by atoms with Gasteiger partial charge in [0.15, 0.2) is 0 Å². The van der Waals surface area contributed by atoms with Crippen LogP contribution in [0.3, 0.4) is 0 Å². The van der Waals surface area contributed by atoms with E-state index in [-0.39, 0.29) is 17.1 Å². The first-order valence-electron chi connectivity index (χ1n) is 2.76. The van der Waals surface area contributed by atoms with Crippen molar-refractivity contribution in [2.24, 2.45) is 0 Å². The normalized spacial score (nSPS) is 27.6. The average molecular weight is 147 g/mol. The van der Waals surface area contributed by atoms with Crippen molar-refractivity contribution in [1.82, 2.24) is 4.90 Å². The van der Waals surface area contributed by atoms with Crippen LogP contribution >= 0.6 is 11.8 Å². The Morgan fingerprint density at radius 3 is 2.89 bits per heavy atom. The molecule has 52 valence electrons. The molecule has 0 spiro atoms. The molecular weight excluding hydrogens is 138 g/mol. The molecule has 0 aromatic carbocycles. The molecule has 1 N–H and O–H groups in total. The highest BCUT2D eigenvalue weighted by molar-refractivity contribution is 8.14. The minimum Gasteiger partial charge on any atom is -0.395 e. The minimum atomic E-state index is 0.0639. The van der Waals surface area contributed by atoms with Crippen LogP contribution in [-0.2, 0) is 0 Å². The van der Waals surface area contributed by atoms with Crippen LogP contribution < -0.4 is 0 Å². The highest BCUT2D eigenvalue weighted by Gasteiger charge is 2.26. The summed E-state index contributed by atoms with van der Waals surface area (Å²) in [6.45, 7) is 0.779. The van der Waals surface area contributed by atoms with Crippen LogP contribution in [0.1, 0.15) is 0 Å². The fourth-order valence-corrected chi connectivity index (χ4v) is 1.66. The number of carbonyl (C=O) groups is 1. The van der Waals surface area contributed by atoms with Crippen molar-refractivity contribution in [3.05, 3.63) is 0 Å². The van der Waals surface area contributed by atoms with E-state index < -0.39 is 0 Å². The Morgan fingerprint density at radius 1 is 2.00 bits per heavy atom. The average Bonchev–Trinajstić information content (AvgIpc) is 2.13. The summed E-state index contributed by atoms with van der Waals surface area (Å²) in [7, 11) is 1.74. The molecule has 1 atom stereocenters. The van der Waals surface area contributed by atoms with Crippen LogP contribution in [0.5, 0.6) is 0 Å². The molecule has 3 nitrogen and oxygen atoms in total. The molecule has 0 saturated carbocycles. The zero-order valence-electron chi connectivity index (χ0n) is 5.20. The van der Waals surface area contributed by atoms with Crippen LogP contribution in [0.15, 0.2) is 0 Å². The van der Waals surface area contributed by atoms with Crippen LogP contribution in [0.2, 0.25) is 0 Å². The quantitative estimate of drug-likeness (QED) is 0.573. The van der Waals surface area contributed by atoms with Crippen molar-refractivity contribution in [3.8, 4) is 0 Å². The van der Waals surface area contributed by atoms with Crippen molar-refractivity contribution < 1.29 is 9.90 Å². The van der Waals surface area contributed by atoms with Crippen molar-refractivity contribution in [2.45, 2.75) is 5.25 Å². The number of amides is 1. The molecule has 1 aliphatic heterocycles. The van der Waals surface area contributed by atoms with E-state index in [1.54, 1.807) is 11.9 Å². The predicted molar refractivity (Wildman–Crippen MR) is 36.5 cm³/mol. The van der Waals surface area contributed by atoms with Gasteiger partial charge in [0.1, 0.15) is 0 Å². The summed E-state index contributed by atoms with van der Waals surface area (Å²) in [5, 5.41) is 8.77. The van der Waals surface area contributed by atoms with Crippen molar-refractivity contribution in [1.29, 1.82) is 0 Å². The fraction of sp³-hybridized carbons (Fsp3) is 0.800. The molecule has 1 fully saturated rings. The summed E-state index contributed by atoms with van der Waals surface area (Å²) >= 11 is 1.21. The Bertz CT molecular complexity index is 128. The van der Waals surface area contributed by atoms with E-state index in [1.807, 2.05) is 0 Å². The molecular formula is C5H9NO2S. The third-order valence-electron chi connectivity index (χ3n) is 1.26. The zero-order chi connectivity index (χ0) is 6.85. The molecule has 1 unspecified atom stereocenters. The maximum atomic E-state index is 10.7. The summed E-state index contributed by atoms with van der Waals surface area (Å²) in [5.41, 5.74) is 0. The van der Waals surface area contributed by atoms with E-state index in [4.69, 9.17) is 5.11 Å². The lowest BCUT2D eigenvalue weighted by Gasteiger charge is -2.04. The molecule has 1 saturated heterocycles. The Kier molecular flexibility index (Phi) is 1.97. The van der Waals surface area contributed by atoms with Gasteiger partial charge in [0.05, 0.1) is 11.9 Å². The third-order valence-corrected chi connectivity index (χ3v) is 2.41. The summed E-state index contributed by atoms with van der Waals surface area (Å²) in [6, 6.07) is 0. The van der Waals surface area contributed by atoms with E-state index in [0.29, 0.717) is 6.54 Å². The number of thioether (sulfide) groups is 1. The van der Waals surface area contributed by atoms with Crippen LogP contribution in [-0.4, -0.2) is 40.7 Å². The molecule has 0 aliphatic carbocycles. The number of hydrogen-bond donors (Lipinski definition) is 1. The SMILES string of the molecule is CN1CC(CO)SC1=O. The fourth-order valence-electron chi connectivity index (χ4n) is 0.745. The van der Waals surface area contributed by atoms with Gasteiger partial charge in [0, 0.05) is 13.6 Å². The lowest BCUT2D eigenvalue weighted by Crippen LogP contribution is -2.20. The second-order valence-electron chi connectivity index (χ2n) is 2.07. The summed E-state index contributed by atoms with van der Waals surface area (Å²) < 4.78 is 0. The van der Waals surface area contributed by atoms with Gasteiger partial charge in [-0.3, -0.25) is 4.79 Å². The summed E-state index contributed by atoms with van der Waals surface area (Å²) in [6.07, 6.45) is 0. The Labute approximate surface area is 58.0 Å². The first-order valence-corrected chi connectivity index (χ1v) is 3.64. The molecule has 9 heavy (non-hydrogen) atoms. The Morgan fingerprint density at radius 2 is 2.67 bits per heavy atom. The minimum absolute atomic E-state index is 0.0639. The molecule has 1 rings (SSSR count). The topological polar surface area (TPSA) is 40.5 Å². The summed E-state index contributed by atoms with van der Waals surface area (Å²) in [5.74, 6) is 0. The molecule has 0 aromatic heterocycles. The van der Waals surface area contributed by atoms with Crippen molar-refractivity contribution in [3.63, 3.8) is 0 Å². The Hall–Kier alpha value is -0.220. The largest absolute Gasteiger partial charge is 0.395 e. The van der Waals surface area contributed by atoms with E-state index >= 15 is 0 Å². The summed E-state index contributed by atoms with van der Waals surface area (Å²) in [4.78, 5) is 12.3. The van der Waals surface area contributed by atoms with E-state index in [9.17, 15) is 4.79 Å². The number of hydrogen-bond acceptors (Lipinski definition) is 3. The Balaban J connectivity index is 2.44. The van der Waals surface area contributed by atoms with Gasteiger partial charge in [0.2, 0.25) is 0 Å². The van der Waals surface area contributed by atoms with Gasteiger partial charge in [-0.1, -0.05) is 11.8 Å². The maximum absolute atomic E-state index is 10.7. The number of carbonyl (C=O) groups excluding carboxylic acids is 1. The molecule has 0 radical (unpaired) electrons. The third kappa shape index (κ3) is 1.37. The van der Waals surface area contributed by atoms with E-state index in [2.05, 4.69) is 0 Å². The second-order valence-corrected chi connectivity index (χ2v) is 3.32. The molecule has 0 bridgehead atoms. The maximum Gasteiger partial charge on any atom is 0.281 e. The standard InChI is InChI=1S/C5H9NO2S/c1-6-2-4(3-7)9-5(6)8/h4,7H,2-3H2,1H3. The van der Waals surface area contributed by atoms with Gasteiger partial charge < -0.3 is 10.0 Å². The van der Waals surface area contributed by atoms with Gasteiger partial charge in [-0.05, 0) is 0 Å². The van der Waals surface area contributed by atoms with Gasteiger partial charge in [-0.2, -0.15) is 0 Å². The predicted octanol–water partition coefficient (Wildman–Crippen LogP) is 0.146. The lowest BCUT2D eigenvalue weighted by molar-refractivity contribution is 0.233. The number of aliphatic hydroxyl groups is 1. The molecule has 4 heteroatoms. The van der Waals surface area contributed by atoms with Crippen molar-refractivity contribution in [2.75, 3.05) is 20.2 Å². The monoisotopic (exact) mass is 147 g/mol. The first-order chi connectivity index (χ1) is 4.24. The smallest absolute Gasteiger partial charge is 0.281 e. The number of rotatable bonds is 1. The van der Waals surface area contributed by atoms with Gasteiger partial charge in [-0.15, -0.1) is 0 Å². The first kappa shape index (κ1) is 6.89. The molecule has 1 amide bonds. The van der Waals surface area contributed by atoms with Gasteiger partial charge in [0.25, 0.3) is 5.24 Å². The van der Waals surface area contributed by atoms with E-state index in [1.165, 1.54) is 11.8 Å². The van der Waals surface area contributed by atoms with Crippen LogP contribution in [0, 0.1) is 0 Å².